The van der Waals surface area contributed by atoms with Gasteiger partial charge < -0.3 is 14.2 Å². The number of sulfonamides is 1. The first kappa shape index (κ1) is 16.7. The van der Waals surface area contributed by atoms with Gasteiger partial charge in [-0.1, -0.05) is 6.07 Å². The van der Waals surface area contributed by atoms with Crippen molar-refractivity contribution < 1.29 is 22.6 Å². The van der Waals surface area contributed by atoms with Crippen LogP contribution >= 0.6 is 0 Å². The summed E-state index contributed by atoms with van der Waals surface area (Å²) in [5.41, 5.74) is 0.753. The Hall–Kier alpha value is -1.31. The first-order valence-corrected chi connectivity index (χ1v) is 7.85. The Balaban J connectivity index is 2.65. The van der Waals surface area contributed by atoms with Gasteiger partial charge in [0.2, 0.25) is 10.0 Å². The van der Waals surface area contributed by atoms with Gasteiger partial charge in [-0.25, -0.2) is 13.1 Å². The van der Waals surface area contributed by atoms with E-state index in [1.54, 1.807) is 32.4 Å². The predicted octanol–water partition coefficient (Wildman–Crippen LogP) is 1.16. The number of nitrogens with one attached hydrogen (secondary N) is 1. The predicted molar refractivity (Wildman–Crippen MR) is 76.7 cm³/mol. The molecule has 0 aromatic heterocycles. The summed E-state index contributed by atoms with van der Waals surface area (Å²) in [6.07, 6.45) is 0.464. The van der Waals surface area contributed by atoms with Gasteiger partial charge in [-0.05, 0) is 12.5 Å². The van der Waals surface area contributed by atoms with Crippen molar-refractivity contribution in [2.24, 2.45) is 0 Å². The van der Waals surface area contributed by atoms with E-state index < -0.39 is 10.0 Å². The number of hydrogen-bond donors (Lipinski definition) is 1. The SMILES string of the molecule is COCCCS(=O)(=O)NCc1ccc(OC)cc1OC. The third-order valence-electron chi connectivity index (χ3n) is 2.74. The van der Waals surface area contributed by atoms with Crippen molar-refractivity contribution in [3.63, 3.8) is 0 Å². The molecule has 0 unspecified atom stereocenters. The van der Waals surface area contributed by atoms with E-state index in [1.807, 2.05) is 0 Å². The molecule has 0 spiro atoms. The number of rotatable bonds is 9. The molecular formula is C13H21NO5S. The van der Waals surface area contributed by atoms with Crippen molar-refractivity contribution in [2.45, 2.75) is 13.0 Å². The van der Waals surface area contributed by atoms with Gasteiger partial charge >= 0.3 is 0 Å². The third-order valence-corrected chi connectivity index (χ3v) is 4.15. The second-order valence-electron chi connectivity index (χ2n) is 4.16. The fraction of sp³-hybridized carbons (Fsp3) is 0.538. The van der Waals surface area contributed by atoms with Gasteiger partial charge in [-0.2, -0.15) is 0 Å². The standard InChI is InChI=1S/C13H21NO5S/c1-17-7-4-8-20(15,16)14-10-11-5-6-12(18-2)9-13(11)19-3/h5-6,9,14H,4,7-8,10H2,1-3H3. The monoisotopic (exact) mass is 303 g/mol. The highest BCUT2D eigenvalue weighted by molar-refractivity contribution is 7.89. The molecule has 0 aliphatic rings. The maximum absolute atomic E-state index is 11.8. The Bertz CT molecular complexity index is 515. The van der Waals surface area contributed by atoms with E-state index in [9.17, 15) is 8.42 Å². The molecule has 6 nitrogen and oxygen atoms in total. The summed E-state index contributed by atoms with van der Waals surface area (Å²) in [6.45, 7) is 0.606. The highest BCUT2D eigenvalue weighted by Crippen LogP contribution is 2.24. The summed E-state index contributed by atoms with van der Waals surface area (Å²) < 4.78 is 41.2. The van der Waals surface area contributed by atoms with Crippen molar-refractivity contribution in [1.29, 1.82) is 0 Å². The Morgan fingerprint density at radius 1 is 1.15 bits per heavy atom. The van der Waals surface area contributed by atoms with Crippen molar-refractivity contribution in [2.75, 3.05) is 33.7 Å². The van der Waals surface area contributed by atoms with Gasteiger partial charge in [-0.3, -0.25) is 0 Å². The first-order chi connectivity index (χ1) is 9.52. The van der Waals surface area contributed by atoms with Gasteiger partial charge in [0, 0.05) is 31.9 Å². The smallest absolute Gasteiger partial charge is 0.211 e. The second kappa shape index (κ2) is 8.08. The zero-order valence-corrected chi connectivity index (χ0v) is 12.8. The normalized spacial score (nSPS) is 11.3. The van der Waals surface area contributed by atoms with E-state index in [-0.39, 0.29) is 12.3 Å². The van der Waals surface area contributed by atoms with E-state index in [1.165, 1.54) is 7.11 Å². The van der Waals surface area contributed by atoms with Crippen molar-refractivity contribution in [3.8, 4) is 11.5 Å². The maximum atomic E-state index is 11.8. The third kappa shape index (κ3) is 5.36. The highest BCUT2D eigenvalue weighted by atomic mass is 32.2. The molecule has 1 rings (SSSR count). The minimum absolute atomic E-state index is 0.0410. The molecule has 1 aromatic carbocycles. The molecule has 0 saturated carbocycles. The number of ether oxygens (including phenoxy) is 3. The lowest BCUT2D eigenvalue weighted by molar-refractivity contribution is 0.199. The molecule has 0 bridgehead atoms. The minimum Gasteiger partial charge on any atom is -0.497 e. The highest BCUT2D eigenvalue weighted by Gasteiger charge is 2.12. The van der Waals surface area contributed by atoms with Gasteiger partial charge in [-0.15, -0.1) is 0 Å². The lowest BCUT2D eigenvalue weighted by Crippen LogP contribution is -2.26. The molecule has 0 heterocycles. The maximum Gasteiger partial charge on any atom is 0.211 e. The van der Waals surface area contributed by atoms with Crippen LogP contribution in [0.15, 0.2) is 18.2 Å². The van der Waals surface area contributed by atoms with Crippen LogP contribution in [0.5, 0.6) is 11.5 Å². The zero-order valence-electron chi connectivity index (χ0n) is 12.0. The van der Waals surface area contributed by atoms with Crippen LogP contribution in [0.3, 0.4) is 0 Å². The number of benzene rings is 1. The van der Waals surface area contributed by atoms with E-state index in [2.05, 4.69) is 4.72 Å². The Morgan fingerprint density at radius 3 is 2.50 bits per heavy atom. The van der Waals surface area contributed by atoms with Gasteiger partial charge in [0.1, 0.15) is 11.5 Å². The molecule has 0 aliphatic carbocycles. The first-order valence-electron chi connectivity index (χ1n) is 6.19. The quantitative estimate of drug-likeness (QED) is 0.693. The molecule has 7 heteroatoms. The second-order valence-corrected chi connectivity index (χ2v) is 6.09. The number of methoxy groups -OCH3 is 3. The topological polar surface area (TPSA) is 73.9 Å². The molecule has 0 saturated heterocycles. The molecule has 0 fully saturated rings. The lowest BCUT2D eigenvalue weighted by atomic mass is 10.2. The van der Waals surface area contributed by atoms with Gasteiger partial charge in [0.05, 0.1) is 20.0 Å². The van der Waals surface area contributed by atoms with Crippen LogP contribution in [0.2, 0.25) is 0 Å². The molecular weight excluding hydrogens is 282 g/mol. The van der Waals surface area contributed by atoms with Gasteiger partial charge in [0.25, 0.3) is 0 Å². The summed E-state index contributed by atoms with van der Waals surface area (Å²) in [5, 5.41) is 0. The van der Waals surface area contributed by atoms with Crippen LogP contribution in [-0.4, -0.2) is 42.1 Å². The van der Waals surface area contributed by atoms with Crippen LogP contribution < -0.4 is 14.2 Å². The summed E-state index contributed by atoms with van der Waals surface area (Å²) in [6, 6.07) is 5.25. The Morgan fingerprint density at radius 2 is 1.90 bits per heavy atom. The number of hydrogen-bond acceptors (Lipinski definition) is 5. The summed E-state index contributed by atoms with van der Waals surface area (Å²) in [5.74, 6) is 1.29. The Labute approximate surface area is 120 Å². The molecule has 0 amide bonds. The average Bonchev–Trinajstić information content (AvgIpc) is 2.45. The summed E-state index contributed by atoms with van der Waals surface area (Å²) in [7, 11) is 1.33. The van der Waals surface area contributed by atoms with Crippen molar-refractivity contribution >= 4 is 10.0 Å². The van der Waals surface area contributed by atoms with Crippen LogP contribution in [-0.2, 0) is 21.3 Å². The van der Waals surface area contributed by atoms with E-state index >= 15 is 0 Å². The summed E-state index contributed by atoms with van der Waals surface area (Å²) >= 11 is 0. The molecule has 0 aliphatic heterocycles. The molecule has 114 valence electrons. The van der Waals surface area contributed by atoms with Crippen molar-refractivity contribution in [3.05, 3.63) is 23.8 Å². The zero-order chi connectivity index (χ0) is 15.0. The lowest BCUT2D eigenvalue weighted by Gasteiger charge is -2.11. The Kier molecular flexibility index (Phi) is 6.77. The minimum atomic E-state index is -3.31. The fourth-order valence-corrected chi connectivity index (χ4v) is 2.67. The van der Waals surface area contributed by atoms with Crippen molar-refractivity contribution in [1.82, 2.24) is 4.72 Å². The van der Waals surface area contributed by atoms with E-state index in [4.69, 9.17) is 14.2 Å². The van der Waals surface area contributed by atoms with Crippen LogP contribution in [0.1, 0.15) is 12.0 Å². The summed E-state index contributed by atoms with van der Waals surface area (Å²) in [4.78, 5) is 0. The van der Waals surface area contributed by atoms with Crippen LogP contribution in [0.4, 0.5) is 0 Å². The molecule has 0 radical (unpaired) electrons. The molecule has 0 atom stereocenters. The van der Waals surface area contributed by atoms with Crippen LogP contribution in [0, 0.1) is 0 Å². The van der Waals surface area contributed by atoms with Crippen LogP contribution in [0.25, 0.3) is 0 Å². The van der Waals surface area contributed by atoms with Gasteiger partial charge in [0.15, 0.2) is 0 Å². The fourth-order valence-electron chi connectivity index (χ4n) is 1.65. The molecule has 1 N–H and O–H groups in total. The molecule has 20 heavy (non-hydrogen) atoms. The molecule has 1 aromatic rings. The average molecular weight is 303 g/mol. The van der Waals surface area contributed by atoms with E-state index in [0.717, 1.165) is 5.56 Å². The van der Waals surface area contributed by atoms with E-state index in [0.29, 0.717) is 24.5 Å². The largest absolute Gasteiger partial charge is 0.497 e.